The lowest BCUT2D eigenvalue weighted by Gasteiger charge is -2.29. The Hall–Kier alpha value is -7.68. The topological polar surface area (TPSA) is 16.4 Å². The molecule has 0 radical (unpaired) electrons. The molecule has 2 heteroatoms. The van der Waals surface area contributed by atoms with Crippen LogP contribution in [-0.4, -0.2) is 0 Å². The molecule has 0 atom stereocenters. The molecule has 0 bridgehead atoms. The predicted octanol–water partition coefficient (Wildman–Crippen LogP) is 15.9. The zero-order valence-corrected chi connectivity index (χ0v) is 32.4. The highest BCUT2D eigenvalue weighted by Gasteiger charge is 2.21. The first-order valence-corrected chi connectivity index (χ1v) is 20.3. The fraction of sp³-hybridized carbons (Fsp3) is 0.0175. The second-order valence-electron chi connectivity index (χ2n) is 15.3. The van der Waals surface area contributed by atoms with Gasteiger partial charge in [0.25, 0.3) is 0 Å². The number of para-hydroxylation sites is 1. The first kappa shape index (κ1) is 34.6. The molecular formula is C57H39NO. The maximum atomic E-state index is 6.88. The fourth-order valence-corrected chi connectivity index (χ4v) is 8.78. The van der Waals surface area contributed by atoms with E-state index in [9.17, 15) is 0 Å². The number of hydrogen-bond acceptors (Lipinski definition) is 2. The Morgan fingerprint density at radius 1 is 0.322 bits per heavy atom. The van der Waals surface area contributed by atoms with Crippen LogP contribution in [0.25, 0.3) is 88.0 Å². The van der Waals surface area contributed by atoms with Crippen molar-refractivity contribution in [1.82, 2.24) is 0 Å². The van der Waals surface area contributed by atoms with Crippen molar-refractivity contribution in [2.24, 2.45) is 0 Å². The highest BCUT2D eigenvalue weighted by atomic mass is 16.3. The predicted molar refractivity (Wildman–Crippen MR) is 249 cm³/mol. The van der Waals surface area contributed by atoms with Gasteiger partial charge < -0.3 is 9.32 Å². The lowest BCUT2D eigenvalue weighted by molar-refractivity contribution is 0.673. The van der Waals surface area contributed by atoms with Crippen LogP contribution in [-0.2, 0) is 6.54 Å². The van der Waals surface area contributed by atoms with Crippen molar-refractivity contribution in [3.63, 3.8) is 0 Å². The summed E-state index contributed by atoms with van der Waals surface area (Å²) in [5.41, 5.74) is 14.7. The van der Waals surface area contributed by atoms with Gasteiger partial charge in [-0.05, 0) is 91.5 Å². The van der Waals surface area contributed by atoms with Gasteiger partial charge in [-0.1, -0.05) is 188 Å². The quantitative estimate of drug-likeness (QED) is 0.154. The summed E-state index contributed by atoms with van der Waals surface area (Å²) in [7, 11) is 0. The van der Waals surface area contributed by atoms with E-state index < -0.39 is 0 Å². The van der Waals surface area contributed by atoms with Gasteiger partial charge in [-0.3, -0.25) is 0 Å². The van der Waals surface area contributed by atoms with E-state index in [0.29, 0.717) is 6.54 Å². The van der Waals surface area contributed by atoms with Gasteiger partial charge in [0.2, 0.25) is 0 Å². The van der Waals surface area contributed by atoms with E-state index in [1.807, 2.05) is 0 Å². The summed E-state index contributed by atoms with van der Waals surface area (Å²) in [6.45, 7) is 0.634. The number of hydrogen-bond donors (Lipinski definition) is 0. The average molecular weight is 754 g/mol. The molecule has 0 unspecified atom stereocenters. The minimum atomic E-state index is 0.634. The SMILES string of the molecule is c1ccc(-c2ccc(N(Cc3ccccc3-c3cccc4c3oc3c5ccccc5ccc43)c3ccc(-c4ccc5ccccc5c4)cc3)c(-c3ccccc3)c2)cc1. The van der Waals surface area contributed by atoms with E-state index in [4.69, 9.17) is 4.42 Å². The van der Waals surface area contributed by atoms with Gasteiger partial charge in [0.05, 0.1) is 0 Å². The van der Waals surface area contributed by atoms with Gasteiger partial charge in [-0.15, -0.1) is 0 Å². The summed E-state index contributed by atoms with van der Waals surface area (Å²) >= 11 is 0. The van der Waals surface area contributed by atoms with Gasteiger partial charge in [-0.2, -0.15) is 0 Å². The highest BCUT2D eigenvalue weighted by Crippen LogP contribution is 2.43. The molecule has 2 nitrogen and oxygen atoms in total. The Balaban J connectivity index is 1.08. The second kappa shape index (κ2) is 14.7. The summed E-state index contributed by atoms with van der Waals surface area (Å²) in [4.78, 5) is 2.48. The lowest BCUT2D eigenvalue weighted by atomic mass is 9.94. The smallest absolute Gasteiger partial charge is 0.143 e. The summed E-state index contributed by atoms with van der Waals surface area (Å²) in [6.07, 6.45) is 0. The van der Waals surface area contributed by atoms with Crippen molar-refractivity contribution in [2.75, 3.05) is 4.90 Å². The molecule has 0 amide bonds. The van der Waals surface area contributed by atoms with Crippen molar-refractivity contribution in [3.05, 3.63) is 230 Å². The van der Waals surface area contributed by atoms with E-state index in [1.165, 1.54) is 55.1 Å². The van der Waals surface area contributed by atoms with Crippen LogP contribution in [0.2, 0.25) is 0 Å². The number of fused-ring (bicyclic) bond motifs is 6. The standard InChI is InChI=1S/C57H39NO/c1-3-14-39(15-4-1)46-31-35-55(54(37-46)42-17-5-2-6-18-42)58(48-32-28-41(29-33-48)45-27-26-40-16-7-8-20-44(40)36-45)38-47-21-10-11-22-49(47)51-24-13-25-52-53-34-30-43-19-9-12-23-50(43)56(53)59-57(51)52/h1-37H,38H2. The molecule has 0 N–H and O–H groups in total. The molecule has 11 aromatic rings. The Labute approximate surface area is 343 Å². The first-order valence-electron chi connectivity index (χ1n) is 20.3. The molecule has 278 valence electrons. The Kier molecular flexibility index (Phi) is 8.60. The van der Waals surface area contributed by atoms with Crippen LogP contribution in [0.4, 0.5) is 11.4 Å². The largest absolute Gasteiger partial charge is 0.455 e. The molecule has 0 aliphatic heterocycles. The minimum absolute atomic E-state index is 0.634. The first-order chi connectivity index (χ1) is 29.2. The van der Waals surface area contributed by atoms with E-state index in [-0.39, 0.29) is 0 Å². The summed E-state index contributed by atoms with van der Waals surface area (Å²) < 4.78 is 6.88. The van der Waals surface area contributed by atoms with E-state index in [0.717, 1.165) is 49.8 Å². The van der Waals surface area contributed by atoms with Crippen molar-refractivity contribution < 1.29 is 4.42 Å². The highest BCUT2D eigenvalue weighted by molar-refractivity contribution is 6.17. The molecule has 0 spiro atoms. The Morgan fingerprint density at radius 2 is 0.898 bits per heavy atom. The van der Waals surface area contributed by atoms with Gasteiger partial charge >= 0.3 is 0 Å². The van der Waals surface area contributed by atoms with E-state index in [2.05, 4.69) is 229 Å². The summed E-state index contributed by atoms with van der Waals surface area (Å²) in [5.74, 6) is 0. The normalized spacial score (nSPS) is 11.5. The molecule has 0 aliphatic carbocycles. The molecule has 0 aliphatic rings. The molecule has 1 aromatic heterocycles. The molecule has 59 heavy (non-hydrogen) atoms. The third-order valence-corrected chi connectivity index (χ3v) is 11.8. The van der Waals surface area contributed by atoms with Crippen LogP contribution in [0.5, 0.6) is 0 Å². The van der Waals surface area contributed by atoms with Crippen molar-refractivity contribution in [2.45, 2.75) is 6.54 Å². The molecule has 11 rings (SSSR count). The van der Waals surface area contributed by atoms with E-state index >= 15 is 0 Å². The fourth-order valence-electron chi connectivity index (χ4n) is 8.78. The Bertz CT molecular complexity index is 3290. The van der Waals surface area contributed by atoms with Crippen LogP contribution in [0.1, 0.15) is 5.56 Å². The van der Waals surface area contributed by atoms with Crippen molar-refractivity contribution in [3.8, 4) is 44.5 Å². The number of rotatable bonds is 8. The summed E-state index contributed by atoms with van der Waals surface area (Å²) in [5, 5.41) is 7.06. The molecule has 0 saturated carbocycles. The zero-order chi connectivity index (χ0) is 39.1. The van der Waals surface area contributed by atoms with Crippen LogP contribution in [0.3, 0.4) is 0 Å². The number of furan rings is 1. The molecule has 0 fully saturated rings. The van der Waals surface area contributed by atoms with Crippen LogP contribution in [0.15, 0.2) is 229 Å². The van der Waals surface area contributed by atoms with E-state index in [1.54, 1.807) is 0 Å². The average Bonchev–Trinajstić information content (AvgIpc) is 3.71. The third-order valence-electron chi connectivity index (χ3n) is 11.8. The minimum Gasteiger partial charge on any atom is -0.455 e. The number of benzene rings is 10. The molecule has 10 aromatic carbocycles. The van der Waals surface area contributed by atoms with Gasteiger partial charge in [-0.25, -0.2) is 0 Å². The molecular weight excluding hydrogens is 715 g/mol. The Morgan fingerprint density at radius 3 is 1.73 bits per heavy atom. The van der Waals surface area contributed by atoms with Crippen LogP contribution < -0.4 is 4.90 Å². The van der Waals surface area contributed by atoms with Gasteiger partial charge in [0.1, 0.15) is 11.2 Å². The molecule has 1 heterocycles. The van der Waals surface area contributed by atoms with Crippen LogP contribution >= 0.6 is 0 Å². The maximum absolute atomic E-state index is 6.88. The summed E-state index contributed by atoms with van der Waals surface area (Å²) in [6, 6.07) is 81.0. The van der Waals surface area contributed by atoms with Gasteiger partial charge in [0, 0.05) is 45.2 Å². The third kappa shape index (κ3) is 6.32. The zero-order valence-electron chi connectivity index (χ0n) is 32.4. The maximum Gasteiger partial charge on any atom is 0.143 e. The monoisotopic (exact) mass is 753 g/mol. The second-order valence-corrected chi connectivity index (χ2v) is 15.3. The number of nitrogens with zero attached hydrogens (tertiary/aromatic N) is 1. The van der Waals surface area contributed by atoms with Crippen molar-refractivity contribution >= 4 is 54.9 Å². The van der Waals surface area contributed by atoms with Crippen molar-refractivity contribution in [1.29, 1.82) is 0 Å². The van der Waals surface area contributed by atoms with Crippen LogP contribution in [0, 0.1) is 0 Å². The lowest BCUT2D eigenvalue weighted by Crippen LogP contribution is -2.18. The molecule has 0 saturated heterocycles. The number of anilines is 2. The van der Waals surface area contributed by atoms with Gasteiger partial charge in [0.15, 0.2) is 0 Å².